The Morgan fingerprint density at radius 2 is 2.19 bits per heavy atom. The average molecular weight is 223 g/mol. The Labute approximate surface area is 91.0 Å². The van der Waals surface area contributed by atoms with E-state index in [0.717, 1.165) is 4.90 Å². The van der Waals surface area contributed by atoms with Crippen LogP contribution in [-0.2, 0) is 11.3 Å². The normalized spacial score (nSPS) is 15.4. The van der Waals surface area contributed by atoms with Gasteiger partial charge in [-0.25, -0.2) is 9.18 Å². The van der Waals surface area contributed by atoms with Crippen LogP contribution in [0.15, 0.2) is 18.2 Å². The van der Waals surface area contributed by atoms with E-state index in [-0.39, 0.29) is 30.2 Å². The first-order valence-electron chi connectivity index (χ1n) is 4.70. The van der Waals surface area contributed by atoms with E-state index in [1.165, 1.54) is 12.1 Å². The number of carbonyl (C=O) groups is 2. The summed E-state index contributed by atoms with van der Waals surface area (Å²) in [7, 11) is 0. The number of nitrogens with one attached hydrogen (secondary N) is 1. The van der Waals surface area contributed by atoms with Gasteiger partial charge in [0.25, 0.3) is 0 Å². The molecule has 1 aliphatic heterocycles. The summed E-state index contributed by atoms with van der Waals surface area (Å²) in [5, 5.41) is 2.36. The molecular weight excluding hydrogens is 213 g/mol. The Kier molecular flexibility index (Phi) is 2.47. The van der Waals surface area contributed by atoms with Crippen LogP contribution in [0.1, 0.15) is 5.56 Å². The van der Waals surface area contributed by atoms with E-state index in [2.05, 4.69) is 5.32 Å². The van der Waals surface area contributed by atoms with Crippen LogP contribution in [0.4, 0.5) is 14.9 Å². The molecule has 3 amide bonds. The van der Waals surface area contributed by atoms with Crippen molar-refractivity contribution in [3.63, 3.8) is 0 Å². The van der Waals surface area contributed by atoms with Crippen LogP contribution in [0.3, 0.4) is 0 Å². The Morgan fingerprint density at radius 1 is 1.44 bits per heavy atom. The van der Waals surface area contributed by atoms with Gasteiger partial charge in [0.1, 0.15) is 0 Å². The van der Waals surface area contributed by atoms with Gasteiger partial charge in [0, 0.05) is 5.56 Å². The van der Waals surface area contributed by atoms with Crippen LogP contribution in [0.2, 0.25) is 0 Å². The summed E-state index contributed by atoms with van der Waals surface area (Å²) in [4.78, 5) is 23.5. The number of hydrogen-bond acceptors (Lipinski definition) is 3. The van der Waals surface area contributed by atoms with Crippen molar-refractivity contribution in [2.24, 2.45) is 0 Å². The highest BCUT2D eigenvalue weighted by molar-refractivity contribution is 6.01. The number of imide groups is 1. The molecule has 0 unspecified atom stereocenters. The third-order valence-corrected chi connectivity index (χ3v) is 2.37. The summed E-state index contributed by atoms with van der Waals surface area (Å²) >= 11 is 0. The fraction of sp³-hybridized carbons (Fsp3) is 0.200. The van der Waals surface area contributed by atoms with Gasteiger partial charge in [-0.1, -0.05) is 12.1 Å². The van der Waals surface area contributed by atoms with Crippen molar-refractivity contribution in [3.05, 3.63) is 29.6 Å². The van der Waals surface area contributed by atoms with Crippen LogP contribution in [0.25, 0.3) is 0 Å². The molecule has 84 valence electrons. The topological polar surface area (TPSA) is 75.4 Å². The minimum absolute atomic E-state index is 0.00422. The van der Waals surface area contributed by atoms with E-state index in [4.69, 9.17) is 5.73 Å². The number of amides is 3. The van der Waals surface area contributed by atoms with Gasteiger partial charge < -0.3 is 11.1 Å². The predicted octanol–water partition coefficient (Wildman–Crippen LogP) is 0.460. The van der Waals surface area contributed by atoms with Crippen LogP contribution < -0.4 is 11.1 Å². The molecule has 3 N–H and O–H groups in total. The molecule has 1 saturated heterocycles. The van der Waals surface area contributed by atoms with Gasteiger partial charge in [-0.2, -0.15) is 0 Å². The lowest BCUT2D eigenvalue weighted by Gasteiger charge is -2.13. The smallest absolute Gasteiger partial charge is 0.324 e. The summed E-state index contributed by atoms with van der Waals surface area (Å²) in [6.45, 7) is -0.135. The predicted molar refractivity (Wildman–Crippen MR) is 54.8 cm³/mol. The zero-order chi connectivity index (χ0) is 11.7. The summed E-state index contributed by atoms with van der Waals surface area (Å²) in [6.07, 6.45) is 0. The maximum Gasteiger partial charge on any atom is 0.324 e. The monoisotopic (exact) mass is 223 g/mol. The molecule has 1 fully saturated rings. The molecule has 0 saturated carbocycles. The van der Waals surface area contributed by atoms with Gasteiger partial charge in [0.05, 0.1) is 18.8 Å². The van der Waals surface area contributed by atoms with E-state index < -0.39 is 11.8 Å². The minimum Gasteiger partial charge on any atom is -0.396 e. The third-order valence-electron chi connectivity index (χ3n) is 2.37. The number of hydrogen-bond donors (Lipinski definition) is 2. The lowest BCUT2D eigenvalue weighted by molar-refractivity contribution is -0.125. The Hall–Kier alpha value is -2.11. The maximum absolute atomic E-state index is 13.5. The SMILES string of the molecule is Nc1cccc(CN2C(=O)CNC2=O)c1F. The van der Waals surface area contributed by atoms with Crippen molar-refractivity contribution in [2.45, 2.75) is 6.54 Å². The number of anilines is 1. The van der Waals surface area contributed by atoms with Gasteiger partial charge in [0.2, 0.25) is 5.91 Å². The molecule has 1 aromatic carbocycles. The van der Waals surface area contributed by atoms with Crippen molar-refractivity contribution in [3.8, 4) is 0 Å². The lowest BCUT2D eigenvalue weighted by atomic mass is 10.2. The number of halogens is 1. The first-order valence-corrected chi connectivity index (χ1v) is 4.70. The highest BCUT2D eigenvalue weighted by Gasteiger charge is 2.29. The zero-order valence-electron chi connectivity index (χ0n) is 8.37. The standard InChI is InChI=1S/C10H10FN3O2/c11-9-6(2-1-3-7(9)12)5-14-8(15)4-13-10(14)16/h1-3H,4-5,12H2,(H,13,16). The second kappa shape index (κ2) is 3.80. The molecule has 1 heterocycles. The third kappa shape index (κ3) is 1.69. The highest BCUT2D eigenvalue weighted by atomic mass is 19.1. The molecule has 2 rings (SSSR count). The van der Waals surface area contributed by atoms with Crippen molar-refractivity contribution in [1.82, 2.24) is 10.2 Å². The number of carbonyl (C=O) groups excluding carboxylic acids is 2. The summed E-state index contributed by atoms with van der Waals surface area (Å²) in [5.41, 5.74) is 5.62. The number of nitrogens with two attached hydrogens (primary N) is 1. The van der Waals surface area contributed by atoms with E-state index in [0.29, 0.717) is 0 Å². The van der Waals surface area contributed by atoms with E-state index >= 15 is 0 Å². The highest BCUT2D eigenvalue weighted by Crippen LogP contribution is 2.17. The number of rotatable bonds is 2. The number of nitrogens with zero attached hydrogens (tertiary/aromatic N) is 1. The van der Waals surface area contributed by atoms with Crippen LogP contribution >= 0.6 is 0 Å². The summed E-state index contributed by atoms with van der Waals surface area (Å²) in [6, 6.07) is 3.98. The summed E-state index contributed by atoms with van der Waals surface area (Å²) < 4.78 is 13.5. The van der Waals surface area contributed by atoms with E-state index in [9.17, 15) is 14.0 Å². The number of benzene rings is 1. The molecular formula is C10H10FN3O2. The molecule has 0 bridgehead atoms. The molecule has 1 aromatic rings. The number of urea groups is 1. The molecule has 0 aliphatic carbocycles. The van der Waals surface area contributed by atoms with Gasteiger partial charge >= 0.3 is 6.03 Å². The molecule has 16 heavy (non-hydrogen) atoms. The van der Waals surface area contributed by atoms with Crippen LogP contribution in [0, 0.1) is 5.82 Å². The van der Waals surface area contributed by atoms with Crippen molar-refractivity contribution >= 4 is 17.6 Å². The Morgan fingerprint density at radius 3 is 2.81 bits per heavy atom. The Bertz CT molecular complexity index is 445. The second-order valence-corrected chi connectivity index (χ2v) is 3.46. The van der Waals surface area contributed by atoms with Gasteiger partial charge in [0.15, 0.2) is 5.82 Å². The average Bonchev–Trinajstić information content (AvgIpc) is 2.56. The first kappa shape index (κ1) is 10.4. The van der Waals surface area contributed by atoms with E-state index in [1.807, 2.05) is 0 Å². The van der Waals surface area contributed by atoms with Crippen molar-refractivity contribution in [2.75, 3.05) is 12.3 Å². The maximum atomic E-state index is 13.5. The van der Waals surface area contributed by atoms with Crippen molar-refractivity contribution < 1.29 is 14.0 Å². The molecule has 6 heteroatoms. The van der Waals surface area contributed by atoms with Gasteiger partial charge in [-0.15, -0.1) is 0 Å². The zero-order valence-corrected chi connectivity index (χ0v) is 8.37. The largest absolute Gasteiger partial charge is 0.396 e. The lowest BCUT2D eigenvalue weighted by Crippen LogP contribution is -2.30. The second-order valence-electron chi connectivity index (χ2n) is 3.46. The molecule has 0 radical (unpaired) electrons. The molecule has 0 spiro atoms. The quantitative estimate of drug-likeness (QED) is 0.565. The Balaban J connectivity index is 2.24. The molecule has 5 nitrogen and oxygen atoms in total. The van der Waals surface area contributed by atoms with Crippen LogP contribution in [0.5, 0.6) is 0 Å². The van der Waals surface area contributed by atoms with E-state index in [1.54, 1.807) is 6.07 Å². The molecule has 0 atom stereocenters. The fourth-order valence-corrected chi connectivity index (χ4v) is 1.51. The van der Waals surface area contributed by atoms with Crippen molar-refractivity contribution in [1.29, 1.82) is 0 Å². The summed E-state index contributed by atoms with van der Waals surface area (Å²) in [5.74, 6) is -0.957. The molecule has 1 aliphatic rings. The van der Waals surface area contributed by atoms with Crippen LogP contribution in [-0.4, -0.2) is 23.4 Å². The minimum atomic E-state index is -0.588. The number of nitrogen functional groups attached to an aromatic ring is 1. The first-order chi connectivity index (χ1) is 7.59. The molecule has 0 aromatic heterocycles. The van der Waals surface area contributed by atoms with Gasteiger partial charge in [-0.05, 0) is 6.07 Å². The fourth-order valence-electron chi connectivity index (χ4n) is 1.51. The van der Waals surface area contributed by atoms with Gasteiger partial charge in [-0.3, -0.25) is 9.69 Å².